The Hall–Kier alpha value is -1.53. The molecule has 0 N–H and O–H groups in total. The van der Waals surface area contributed by atoms with Gasteiger partial charge in [-0.05, 0) is 44.2 Å². The van der Waals surface area contributed by atoms with Crippen molar-refractivity contribution < 1.29 is 0 Å². The fourth-order valence-electron chi connectivity index (χ4n) is 2.59. The minimum Gasteiger partial charge on any atom is -0.369 e. The topological polar surface area (TPSA) is 30.3 Å². The lowest BCUT2D eigenvalue weighted by molar-refractivity contribution is 0.213. The molecular formula is C15H21N3. The van der Waals surface area contributed by atoms with Crippen molar-refractivity contribution in [3.05, 3.63) is 29.3 Å². The van der Waals surface area contributed by atoms with Crippen LogP contribution in [0.25, 0.3) is 0 Å². The molecule has 1 unspecified atom stereocenters. The van der Waals surface area contributed by atoms with Gasteiger partial charge in [0.1, 0.15) is 0 Å². The predicted octanol–water partition coefficient (Wildman–Crippen LogP) is 2.40. The van der Waals surface area contributed by atoms with E-state index in [2.05, 4.69) is 42.0 Å². The molecule has 1 heterocycles. The number of benzene rings is 1. The Labute approximate surface area is 110 Å². The van der Waals surface area contributed by atoms with Gasteiger partial charge in [0.25, 0.3) is 0 Å². The molecule has 18 heavy (non-hydrogen) atoms. The maximum atomic E-state index is 8.96. The van der Waals surface area contributed by atoms with Crippen molar-refractivity contribution in [3.8, 4) is 6.07 Å². The number of rotatable bonds is 2. The molecule has 2 rings (SSSR count). The molecule has 1 atom stereocenters. The smallest absolute Gasteiger partial charge is 0.0994 e. The first-order valence-corrected chi connectivity index (χ1v) is 6.61. The van der Waals surface area contributed by atoms with Gasteiger partial charge in [0.2, 0.25) is 0 Å². The van der Waals surface area contributed by atoms with E-state index in [0.29, 0.717) is 6.04 Å². The first-order chi connectivity index (χ1) is 8.65. The van der Waals surface area contributed by atoms with E-state index in [1.807, 2.05) is 13.0 Å². The van der Waals surface area contributed by atoms with Crippen LogP contribution in [0, 0.1) is 18.3 Å². The van der Waals surface area contributed by atoms with E-state index in [1.54, 1.807) is 0 Å². The van der Waals surface area contributed by atoms with Crippen LogP contribution in [0.1, 0.15) is 24.5 Å². The summed E-state index contributed by atoms with van der Waals surface area (Å²) in [4.78, 5) is 4.87. The van der Waals surface area contributed by atoms with Gasteiger partial charge < -0.3 is 4.90 Å². The predicted molar refractivity (Wildman–Crippen MR) is 74.8 cm³/mol. The van der Waals surface area contributed by atoms with Crippen LogP contribution in [0.15, 0.2) is 18.2 Å². The summed E-state index contributed by atoms with van der Waals surface area (Å²) in [6, 6.07) is 9.00. The summed E-state index contributed by atoms with van der Waals surface area (Å²) in [6.07, 6.45) is 1.18. The number of likely N-dealkylation sites (N-methyl/N-ethyl adjacent to an activating group) is 1. The highest BCUT2D eigenvalue weighted by Gasteiger charge is 2.23. The zero-order valence-corrected chi connectivity index (χ0v) is 11.5. The van der Waals surface area contributed by atoms with Gasteiger partial charge in [-0.1, -0.05) is 6.92 Å². The van der Waals surface area contributed by atoms with Gasteiger partial charge in [-0.2, -0.15) is 5.26 Å². The summed E-state index contributed by atoms with van der Waals surface area (Å²) in [6.45, 7) is 7.51. The first kappa shape index (κ1) is 12.9. The standard InChI is InChI=1S/C15H21N3/c1-4-14-11-18(8-7-17(14)3)15-6-5-13(10-16)12(2)9-15/h5-6,9,14H,4,7-8,11H2,1-3H3. The third-order valence-corrected chi connectivity index (χ3v) is 3.94. The monoisotopic (exact) mass is 243 g/mol. The van der Waals surface area contributed by atoms with Crippen molar-refractivity contribution in [2.24, 2.45) is 0 Å². The van der Waals surface area contributed by atoms with Crippen molar-refractivity contribution in [2.75, 3.05) is 31.6 Å². The van der Waals surface area contributed by atoms with E-state index in [0.717, 1.165) is 30.8 Å². The third-order valence-electron chi connectivity index (χ3n) is 3.94. The molecule has 1 aliphatic rings. The molecule has 1 aromatic carbocycles. The molecule has 0 aliphatic carbocycles. The number of hydrogen-bond acceptors (Lipinski definition) is 3. The lowest BCUT2D eigenvalue weighted by Gasteiger charge is -2.40. The number of anilines is 1. The molecular weight excluding hydrogens is 222 g/mol. The van der Waals surface area contributed by atoms with Crippen molar-refractivity contribution in [1.29, 1.82) is 5.26 Å². The van der Waals surface area contributed by atoms with Gasteiger partial charge in [-0.3, -0.25) is 4.90 Å². The second-order valence-electron chi connectivity index (χ2n) is 5.10. The minimum absolute atomic E-state index is 0.634. The summed E-state index contributed by atoms with van der Waals surface area (Å²) in [5.41, 5.74) is 3.10. The summed E-state index contributed by atoms with van der Waals surface area (Å²) in [5.74, 6) is 0. The summed E-state index contributed by atoms with van der Waals surface area (Å²) < 4.78 is 0. The number of piperazine rings is 1. The Morgan fingerprint density at radius 2 is 2.17 bits per heavy atom. The largest absolute Gasteiger partial charge is 0.369 e. The van der Waals surface area contributed by atoms with Crippen LogP contribution in [0.4, 0.5) is 5.69 Å². The van der Waals surface area contributed by atoms with Gasteiger partial charge in [0, 0.05) is 31.4 Å². The molecule has 1 fully saturated rings. The second-order valence-corrected chi connectivity index (χ2v) is 5.10. The summed E-state index contributed by atoms with van der Waals surface area (Å²) in [5, 5.41) is 8.96. The number of hydrogen-bond donors (Lipinski definition) is 0. The molecule has 0 aromatic heterocycles. The number of aryl methyl sites for hydroxylation is 1. The number of nitrogens with zero attached hydrogens (tertiary/aromatic N) is 3. The highest BCUT2D eigenvalue weighted by Crippen LogP contribution is 2.22. The molecule has 0 spiro atoms. The van der Waals surface area contributed by atoms with Crippen LogP contribution >= 0.6 is 0 Å². The Balaban J connectivity index is 2.17. The minimum atomic E-state index is 0.634. The summed E-state index contributed by atoms with van der Waals surface area (Å²) in [7, 11) is 2.20. The Bertz CT molecular complexity index is 461. The first-order valence-electron chi connectivity index (χ1n) is 6.61. The van der Waals surface area contributed by atoms with Gasteiger partial charge in [0.05, 0.1) is 11.6 Å². The maximum Gasteiger partial charge on any atom is 0.0994 e. The third kappa shape index (κ3) is 2.49. The van der Waals surface area contributed by atoms with Crippen LogP contribution in [-0.2, 0) is 0 Å². The van der Waals surface area contributed by atoms with Gasteiger partial charge >= 0.3 is 0 Å². The molecule has 1 saturated heterocycles. The van der Waals surface area contributed by atoms with Crippen LogP contribution < -0.4 is 4.90 Å². The lowest BCUT2D eigenvalue weighted by atomic mass is 10.1. The molecule has 0 amide bonds. The maximum absolute atomic E-state index is 8.96. The SMILES string of the molecule is CCC1CN(c2ccc(C#N)c(C)c2)CCN1C. The molecule has 96 valence electrons. The normalized spacial score (nSPS) is 20.8. The highest BCUT2D eigenvalue weighted by molar-refractivity contribution is 5.54. The van der Waals surface area contributed by atoms with Crippen molar-refractivity contribution in [1.82, 2.24) is 4.90 Å². The van der Waals surface area contributed by atoms with E-state index in [9.17, 15) is 0 Å². The van der Waals surface area contributed by atoms with Crippen LogP contribution in [0.2, 0.25) is 0 Å². The zero-order chi connectivity index (χ0) is 13.1. The Kier molecular flexibility index (Phi) is 3.88. The highest BCUT2D eigenvalue weighted by atomic mass is 15.3. The van der Waals surface area contributed by atoms with Crippen molar-refractivity contribution >= 4 is 5.69 Å². The molecule has 1 aliphatic heterocycles. The Morgan fingerprint density at radius 1 is 1.39 bits per heavy atom. The van der Waals surface area contributed by atoms with Crippen LogP contribution in [0.3, 0.4) is 0 Å². The summed E-state index contributed by atoms with van der Waals surface area (Å²) >= 11 is 0. The molecule has 3 nitrogen and oxygen atoms in total. The van der Waals surface area contributed by atoms with Crippen molar-refractivity contribution in [3.63, 3.8) is 0 Å². The van der Waals surface area contributed by atoms with Crippen molar-refractivity contribution in [2.45, 2.75) is 26.3 Å². The average Bonchev–Trinajstić information content (AvgIpc) is 2.39. The van der Waals surface area contributed by atoms with E-state index in [-0.39, 0.29) is 0 Å². The van der Waals surface area contributed by atoms with Crippen LogP contribution in [0.5, 0.6) is 0 Å². The van der Waals surface area contributed by atoms with Gasteiger partial charge in [-0.15, -0.1) is 0 Å². The molecule has 0 radical (unpaired) electrons. The zero-order valence-electron chi connectivity index (χ0n) is 11.5. The number of nitriles is 1. The van der Waals surface area contributed by atoms with E-state index in [1.165, 1.54) is 12.1 Å². The molecule has 1 aromatic rings. The fourth-order valence-corrected chi connectivity index (χ4v) is 2.59. The molecule has 0 bridgehead atoms. The Morgan fingerprint density at radius 3 is 2.78 bits per heavy atom. The quantitative estimate of drug-likeness (QED) is 0.799. The van der Waals surface area contributed by atoms with Gasteiger partial charge in [0.15, 0.2) is 0 Å². The van der Waals surface area contributed by atoms with Crippen LogP contribution in [-0.4, -0.2) is 37.6 Å². The van der Waals surface area contributed by atoms with E-state index < -0.39 is 0 Å². The second kappa shape index (κ2) is 5.41. The molecule has 3 heteroatoms. The van der Waals surface area contributed by atoms with Gasteiger partial charge in [-0.25, -0.2) is 0 Å². The van der Waals surface area contributed by atoms with E-state index in [4.69, 9.17) is 5.26 Å². The fraction of sp³-hybridized carbons (Fsp3) is 0.533. The van der Waals surface area contributed by atoms with E-state index >= 15 is 0 Å². The molecule has 0 saturated carbocycles. The lowest BCUT2D eigenvalue weighted by Crippen LogP contribution is -2.51. The average molecular weight is 243 g/mol.